The van der Waals surface area contributed by atoms with Gasteiger partial charge in [0.25, 0.3) is 0 Å². The number of nitrogens with zero attached hydrogens (tertiary/aromatic N) is 7. The first-order valence-electron chi connectivity index (χ1n) is 15.9. The predicted molar refractivity (Wildman–Crippen MR) is 189 cm³/mol. The molecule has 0 spiro atoms. The number of pyridine rings is 4. The molecule has 0 saturated carbocycles. The molecule has 0 N–H and O–H groups in total. The zero-order chi connectivity index (χ0) is 32.1. The van der Waals surface area contributed by atoms with Crippen LogP contribution in [-0.2, 0) is 4.74 Å². The fraction of sp³-hybridized carbons (Fsp3) is 0.100. The second-order valence-electron chi connectivity index (χ2n) is 11.6. The van der Waals surface area contributed by atoms with Crippen molar-refractivity contribution in [2.45, 2.75) is 0 Å². The van der Waals surface area contributed by atoms with Crippen LogP contribution in [0, 0.1) is 0 Å². The van der Waals surface area contributed by atoms with Gasteiger partial charge in [-0.1, -0.05) is 0 Å². The van der Waals surface area contributed by atoms with Gasteiger partial charge in [0.05, 0.1) is 24.6 Å². The average molecular weight is 626 g/mol. The molecule has 0 bridgehead atoms. The lowest BCUT2D eigenvalue weighted by molar-refractivity contribution is 0.122. The molecule has 1 saturated heterocycles. The Morgan fingerprint density at radius 3 is 1.02 bits per heavy atom. The van der Waals surface area contributed by atoms with Gasteiger partial charge in [-0.25, -0.2) is 9.97 Å². The van der Waals surface area contributed by atoms with Crippen molar-refractivity contribution in [1.82, 2.24) is 29.9 Å². The van der Waals surface area contributed by atoms with Crippen LogP contribution in [0.2, 0.25) is 0 Å². The minimum Gasteiger partial charge on any atom is -0.378 e. The number of aromatic nitrogens is 6. The molecule has 0 amide bonds. The summed E-state index contributed by atoms with van der Waals surface area (Å²) in [5.41, 5.74) is 12.3. The number of benzene rings is 2. The summed E-state index contributed by atoms with van der Waals surface area (Å²) in [6.45, 7) is 2.72. The van der Waals surface area contributed by atoms with E-state index in [1.165, 1.54) is 0 Å². The molecular formula is C40H31N7O. The Kier molecular flexibility index (Phi) is 8.13. The van der Waals surface area contributed by atoms with E-state index in [1.54, 1.807) is 0 Å². The van der Waals surface area contributed by atoms with Crippen LogP contribution in [0.3, 0.4) is 0 Å². The summed E-state index contributed by atoms with van der Waals surface area (Å²) >= 11 is 0. The van der Waals surface area contributed by atoms with Gasteiger partial charge < -0.3 is 9.64 Å². The first-order chi connectivity index (χ1) is 23.8. The van der Waals surface area contributed by atoms with Crippen LogP contribution >= 0.6 is 0 Å². The van der Waals surface area contributed by atoms with Crippen molar-refractivity contribution in [3.63, 3.8) is 0 Å². The molecule has 48 heavy (non-hydrogen) atoms. The van der Waals surface area contributed by atoms with E-state index >= 15 is 0 Å². The zero-order valence-corrected chi connectivity index (χ0v) is 26.1. The molecule has 6 heterocycles. The number of ether oxygens (including phenoxy) is 1. The smallest absolute Gasteiger partial charge is 0.226 e. The molecule has 8 nitrogen and oxygen atoms in total. The van der Waals surface area contributed by atoms with E-state index in [4.69, 9.17) is 14.7 Å². The summed E-state index contributed by atoms with van der Waals surface area (Å²) in [4.78, 5) is 29.6. The highest BCUT2D eigenvalue weighted by Gasteiger charge is 2.19. The van der Waals surface area contributed by atoms with Crippen molar-refractivity contribution in [2.24, 2.45) is 0 Å². The quantitative estimate of drug-likeness (QED) is 0.177. The maximum Gasteiger partial charge on any atom is 0.226 e. The number of anilines is 1. The van der Waals surface area contributed by atoms with Crippen LogP contribution in [-0.4, -0.2) is 56.2 Å². The molecule has 0 radical (unpaired) electrons. The molecule has 0 aliphatic carbocycles. The van der Waals surface area contributed by atoms with E-state index in [0.717, 1.165) is 80.1 Å². The van der Waals surface area contributed by atoms with Gasteiger partial charge in [-0.2, -0.15) is 0 Å². The van der Waals surface area contributed by atoms with Crippen LogP contribution in [0.5, 0.6) is 0 Å². The number of hydrogen-bond acceptors (Lipinski definition) is 8. The van der Waals surface area contributed by atoms with Crippen LogP contribution < -0.4 is 4.90 Å². The number of hydrogen-bond donors (Lipinski definition) is 0. The van der Waals surface area contributed by atoms with Crippen LogP contribution in [0.15, 0.2) is 141 Å². The third kappa shape index (κ3) is 6.29. The Morgan fingerprint density at radius 1 is 0.375 bits per heavy atom. The average Bonchev–Trinajstić information content (AvgIpc) is 3.19. The summed E-state index contributed by atoms with van der Waals surface area (Å²) in [5.74, 6) is 0.686. The van der Waals surface area contributed by atoms with Crippen molar-refractivity contribution in [3.8, 4) is 67.0 Å². The molecule has 8 heteroatoms. The van der Waals surface area contributed by atoms with Gasteiger partial charge in [0.15, 0.2) is 0 Å². The van der Waals surface area contributed by atoms with Gasteiger partial charge in [0.1, 0.15) is 0 Å². The van der Waals surface area contributed by atoms with Gasteiger partial charge in [-0.05, 0) is 136 Å². The standard InChI is InChI=1S/C40H31N7O/c1-9-41-10-2-28(1)32-21-33(29-3-11-42-12-4-29)24-36(23-32)38-27-39(46-40(45-38)47-17-19-48-20-18-47)37-25-34(30-5-13-43-14-6-30)22-35(26-37)31-7-15-44-16-8-31/h1-16,21-27H,17-20H2. The van der Waals surface area contributed by atoms with E-state index in [-0.39, 0.29) is 0 Å². The minimum absolute atomic E-state index is 0.635. The number of morpholine rings is 1. The second kappa shape index (κ2) is 13.3. The topological polar surface area (TPSA) is 89.8 Å². The summed E-state index contributed by atoms with van der Waals surface area (Å²) in [5, 5.41) is 0. The fourth-order valence-electron chi connectivity index (χ4n) is 6.03. The van der Waals surface area contributed by atoms with E-state index in [0.29, 0.717) is 19.2 Å². The van der Waals surface area contributed by atoms with Crippen molar-refractivity contribution in [3.05, 3.63) is 141 Å². The largest absolute Gasteiger partial charge is 0.378 e. The van der Waals surface area contributed by atoms with Gasteiger partial charge in [0.2, 0.25) is 5.95 Å². The monoisotopic (exact) mass is 625 g/mol. The van der Waals surface area contributed by atoms with Crippen molar-refractivity contribution in [1.29, 1.82) is 0 Å². The summed E-state index contributed by atoms with van der Waals surface area (Å²) in [6.07, 6.45) is 14.6. The first kappa shape index (κ1) is 29.3. The molecule has 5 aromatic heterocycles. The van der Waals surface area contributed by atoms with Crippen molar-refractivity contribution in [2.75, 3.05) is 31.2 Å². The van der Waals surface area contributed by atoms with Gasteiger partial charge >= 0.3 is 0 Å². The summed E-state index contributed by atoms with van der Waals surface area (Å²) < 4.78 is 5.69. The third-order valence-corrected chi connectivity index (χ3v) is 8.52. The highest BCUT2D eigenvalue weighted by molar-refractivity contribution is 5.84. The van der Waals surface area contributed by atoms with Gasteiger partial charge in [0, 0.05) is 73.8 Å². The predicted octanol–water partition coefficient (Wildman–Crippen LogP) is 7.90. The Balaban J connectivity index is 1.34. The van der Waals surface area contributed by atoms with Crippen molar-refractivity contribution < 1.29 is 4.74 Å². The lowest BCUT2D eigenvalue weighted by Gasteiger charge is -2.27. The minimum atomic E-state index is 0.635. The van der Waals surface area contributed by atoms with Gasteiger partial charge in [-0.3, -0.25) is 19.9 Å². The SMILES string of the molecule is c1cc(-c2cc(-c3ccncc3)cc(-c3cc(-c4cc(-c5ccncc5)cc(-c5ccncc5)c4)nc(N4CCOCC4)n3)c2)ccn1. The molecule has 1 aliphatic rings. The van der Waals surface area contributed by atoms with Gasteiger partial charge in [-0.15, -0.1) is 0 Å². The Labute approximate surface area is 278 Å². The van der Waals surface area contributed by atoms with E-state index in [1.807, 2.05) is 98.1 Å². The highest BCUT2D eigenvalue weighted by Crippen LogP contribution is 2.36. The molecule has 0 unspecified atom stereocenters. The van der Waals surface area contributed by atoms with Crippen LogP contribution in [0.4, 0.5) is 5.95 Å². The van der Waals surface area contributed by atoms with E-state index in [9.17, 15) is 0 Å². The number of rotatable bonds is 7. The molecule has 1 aliphatic heterocycles. The Bertz CT molecular complexity index is 1900. The molecular weight excluding hydrogens is 594 g/mol. The Hall–Kier alpha value is -6.12. The maximum absolute atomic E-state index is 5.69. The molecule has 8 rings (SSSR count). The molecule has 2 aromatic carbocycles. The van der Waals surface area contributed by atoms with Crippen LogP contribution in [0.25, 0.3) is 67.0 Å². The second-order valence-corrected chi connectivity index (χ2v) is 11.6. The third-order valence-electron chi connectivity index (χ3n) is 8.52. The lowest BCUT2D eigenvalue weighted by atomic mass is 9.94. The van der Waals surface area contributed by atoms with Crippen LogP contribution in [0.1, 0.15) is 0 Å². The fourth-order valence-corrected chi connectivity index (χ4v) is 6.03. The van der Waals surface area contributed by atoms with Crippen molar-refractivity contribution >= 4 is 5.95 Å². The Morgan fingerprint density at radius 2 is 0.688 bits per heavy atom. The lowest BCUT2D eigenvalue weighted by Crippen LogP contribution is -2.37. The molecule has 232 valence electrons. The first-order valence-corrected chi connectivity index (χ1v) is 15.9. The molecule has 0 atom stereocenters. The maximum atomic E-state index is 5.69. The van der Waals surface area contributed by atoms with E-state index in [2.05, 4.69) is 67.3 Å². The van der Waals surface area contributed by atoms with E-state index < -0.39 is 0 Å². The zero-order valence-electron chi connectivity index (χ0n) is 26.1. The summed E-state index contributed by atoms with van der Waals surface area (Å²) in [7, 11) is 0. The normalized spacial score (nSPS) is 13.0. The molecule has 1 fully saturated rings. The summed E-state index contributed by atoms with van der Waals surface area (Å²) in [6, 6.07) is 31.6. The highest BCUT2D eigenvalue weighted by atomic mass is 16.5. The molecule has 7 aromatic rings.